The number of rotatable bonds is 8. The standard InChI is InChI=1S/C41H62P2Si/c1-38(2,3)42(39(4,5)6)30-32-28-29-37(36(32)31-43(40(7,8)9)41(10,11)12)44(33-22-16-13-17-23-33,34-24-18-14-19-25-34)35-26-20-15-21-27-35/h13-27,32,36-37H,28-31H2,1-12H3. The molecule has 0 aromatic heterocycles. The van der Waals surface area contributed by atoms with Crippen molar-refractivity contribution in [2.24, 2.45) is 11.8 Å². The van der Waals surface area contributed by atoms with E-state index in [1.54, 1.807) is 15.6 Å². The van der Waals surface area contributed by atoms with Crippen LogP contribution in [0.1, 0.15) is 95.9 Å². The van der Waals surface area contributed by atoms with E-state index in [-0.39, 0.29) is 15.8 Å². The highest BCUT2D eigenvalue weighted by Gasteiger charge is 2.55. The van der Waals surface area contributed by atoms with Crippen molar-refractivity contribution in [3.63, 3.8) is 0 Å². The Labute approximate surface area is 275 Å². The van der Waals surface area contributed by atoms with Crippen molar-refractivity contribution in [3.8, 4) is 0 Å². The molecule has 1 aliphatic rings. The van der Waals surface area contributed by atoms with Gasteiger partial charge in [-0.3, -0.25) is 0 Å². The van der Waals surface area contributed by atoms with Gasteiger partial charge in [-0.15, -0.1) is 0 Å². The summed E-state index contributed by atoms with van der Waals surface area (Å²) < 4.78 is 0. The van der Waals surface area contributed by atoms with Crippen molar-refractivity contribution in [1.82, 2.24) is 0 Å². The molecule has 0 heterocycles. The fourth-order valence-electron chi connectivity index (χ4n) is 8.99. The Morgan fingerprint density at radius 1 is 0.477 bits per heavy atom. The molecule has 0 saturated heterocycles. The molecule has 44 heavy (non-hydrogen) atoms. The van der Waals surface area contributed by atoms with Gasteiger partial charge in [0.2, 0.25) is 0 Å². The molecule has 3 heteroatoms. The van der Waals surface area contributed by atoms with E-state index in [1.165, 1.54) is 25.2 Å². The summed E-state index contributed by atoms with van der Waals surface area (Å²) >= 11 is 0. The molecular weight excluding hydrogens is 582 g/mol. The second-order valence-electron chi connectivity index (χ2n) is 17.4. The van der Waals surface area contributed by atoms with Crippen molar-refractivity contribution < 1.29 is 0 Å². The summed E-state index contributed by atoms with van der Waals surface area (Å²) in [4.78, 5) is 0. The molecule has 240 valence electrons. The Bertz CT molecular complexity index is 1180. The maximum absolute atomic E-state index is 2.54. The molecule has 1 fully saturated rings. The quantitative estimate of drug-likeness (QED) is 0.130. The molecule has 0 amide bonds. The molecule has 1 saturated carbocycles. The fourth-order valence-corrected chi connectivity index (χ4v) is 23.4. The minimum atomic E-state index is -2.41. The van der Waals surface area contributed by atoms with Gasteiger partial charge in [0.15, 0.2) is 8.07 Å². The lowest BCUT2D eigenvalue weighted by atomic mass is 10.00. The van der Waals surface area contributed by atoms with Gasteiger partial charge in [-0.25, -0.2) is 0 Å². The average Bonchev–Trinajstić information content (AvgIpc) is 3.32. The monoisotopic (exact) mass is 644 g/mol. The van der Waals surface area contributed by atoms with Crippen LogP contribution in [-0.4, -0.2) is 41.0 Å². The van der Waals surface area contributed by atoms with Gasteiger partial charge in [-0.1, -0.05) is 196 Å². The van der Waals surface area contributed by atoms with E-state index in [2.05, 4.69) is 174 Å². The van der Waals surface area contributed by atoms with Crippen LogP contribution in [0.2, 0.25) is 5.54 Å². The van der Waals surface area contributed by atoms with E-state index < -0.39 is 8.07 Å². The molecule has 0 nitrogen and oxygen atoms in total. The molecule has 3 aromatic carbocycles. The van der Waals surface area contributed by atoms with Gasteiger partial charge in [-0.2, -0.15) is 0 Å². The molecular formula is C41H62P2Si. The third-order valence-corrected chi connectivity index (χ3v) is 23.9. The Balaban J connectivity index is 2.00. The zero-order valence-corrected chi connectivity index (χ0v) is 32.9. The number of benzene rings is 3. The lowest BCUT2D eigenvalue weighted by molar-refractivity contribution is 0.454. The lowest BCUT2D eigenvalue weighted by Crippen LogP contribution is -2.70. The predicted molar refractivity (Wildman–Crippen MR) is 207 cm³/mol. The maximum atomic E-state index is 2.54. The normalized spacial score (nSPS) is 20.5. The Kier molecular flexibility index (Phi) is 10.9. The zero-order chi connectivity index (χ0) is 32.6. The summed E-state index contributed by atoms with van der Waals surface area (Å²) in [6.45, 7) is 30.4. The van der Waals surface area contributed by atoms with Crippen LogP contribution in [0.4, 0.5) is 0 Å². The molecule has 0 aliphatic heterocycles. The smallest absolute Gasteiger partial charge is 0.0954 e. The molecule has 0 bridgehead atoms. The van der Waals surface area contributed by atoms with Gasteiger partial charge < -0.3 is 0 Å². The van der Waals surface area contributed by atoms with Crippen LogP contribution in [-0.2, 0) is 0 Å². The molecule has 3 unspecified atom stereocenters. The van der Waals surface area contributed by atoms with Crippen molar-refractivity contribution >= 4 is 39.5 Å². The lowest BCUT2D eigenvalue weighted by Gasteiger charge is -2.49. The highest BCUT2D eigenvalue weighted by Crippen LogP contribution is 2.67. The molecule has 4 rings (SSSR count). The minimum Gasteiger partial charge on any atom is -0.0954 e. The summed E-state index contributed by atoms with van der Waals surface area (Å²) in [5.41, 5.74) is 0.672. The van der Waals surface area contributed by atoms with Crippen molar-refractivity contribution in [2.75, 3.05) is 12.3 Å². The molecule has 0 spiro atoms. The molecule has 0 radical (unpaired) electrons. The highest BCUT2D eigenvalue weighted by atomic mass is 31.1. The van der Waals surface area contributed by atoms with Gasteiger partial charge in [0.05, 0.1) is 0 Å². The number of hydrogen-bond acceptors (Lipinski definition) is 0. The van der Waals surface area contributed by atoms with Crippen LogP contribution in [0.3, 0.4) is 0 Å². The second kappa shape index (κ2) is 13.5. The highest BCUT2D eigenvalue weighted by molar-refractivity contribution is 7.61. The zero-order valence-electron chi connectivity index (χ0n) is 30.1. The Morgan fingerprint density at radius 2 is 0.795 bits per heavy atom. The maximum Gasteiger partial charge on any atom is 0.151 e. The van der Waals surface area contributed by atoms with Crippen LogP contribution in [0.25, 0.3) is 0 Å². The van der Waals surface area contributed by atoms with Crippen LogP contribution in [0, 0.1) is 11.8 Å². The van der Waals surface area contributed by atoms with Crippen molar-refractivity contribution in [3.05, 3.63) is 91.0 Å². The average molecular weight is 645 g/mol. The van der Waals surface area contributed by atoms with Gasteiger partial charge in [0.25, 0.3) is 0 Å². The first-order valence-corrected chi connectivity index (χ1v) is 22.2. The first kappa shape index (κ1) is 35.6. The third kappa shape index (κ3) is 7.64. The summed E-state index contributed by atoms with van der Waals surface area (Å²) in [5.74, 6) is 1.50. The summed E-state index contributed by atoms with van der Waals surface area (Å²) in [6.07, 6.45) is 5.51. The van der Waals surface area contributed by atoms with E-state index >= 15 is 0 Å². The summed E-state index contributed by atoms with van der Waals surface area (Å²) in [6, 6.07) is 35.4. The largest absolute Gasteiger partial charge is 0.151 e. The van der Waals surface area contributed by atoms with Gasteiger partial charge in [0, 0.05) is 0 Å². The van der Waals surface area contributed by atoms with E-state index in [0.717, 1.165) is 11.8 Å². The van der Waals surface area contributed by atoms with Gasteiger partial charge >= 0.3 is 0 Å². The first-order valence-electron chi connectivity index (χ1n) is 17.1. The first-order chi connectivity index (χ1) is 20.4. The van der Waals surface area contributed by atoms with E-state index in [0.29, 0.717) is 26.2 Å². The Morgan fingerprint density at radius 3 is 1.11 bits per heavy atom. The van der Waals surface area contributed by atoms with E-state index in [1.807, 2.05) is 0 Å². The topological polar surface area (TPSA) is 0 Å². The predicted octanol–water partition coefficient (Wildman–Crippen LogP) is 10.7. The minimum absolute atomic E-state index is 0.157. The van der Waals surface area contributed by atoms with Crippen LogP contribution >= 0.6 is 15.8 Å². The Hall–Kier alpha value is -1.26. The van der Waals surface area contributed by atoms with Crippen molar-refractivity contribution in [2.45, 2.75) is 122 Å². The second-order valence-corrected chi connectivity index (χ2v) is 29.3. The van der Waals surface area contributed by atoms with E-state index in [9.17, 15) is 0 Å². The van der Waals surface area contributed by atoms with Crippen LogP contribution < -0.4 is 15.6 Å². The van der Waals surface area contributed by atoms with Gasteiger partial charge in [-0.05, 0) is 72.3 Å². The molecule has 3 aromatic rings. The van der Waals surface area contributed by atoms with Gasteiger partial charge in [0.1, 0.15) is 0 Å². The van der Waals surface area contributed by atoms with Crippen LogP contribution in [0.15, 0.2) is 91.0 Å². The molecule has 3 atom stereocenters. The van der Waals surface area contributed by atoms with Crippen molar-refractivity contribution in [1.29, 1.82) is 0 Å². The number of hydrogen-bond donors (Lipinski definition) is 0. The van der Waals surface area contributed by atoms with E-state index in [4.69, 9.17) is 0 Å². The molecule has 0 N–H and O–H groups in total. The SMILES string of the molecule is CC(C)(C)P(CC1CCC([Si](c2ccccc2)(c2ccccc2)c2ccccc2)C1CP(C(C)(C)C)C(C)(C)C)C(C)(C)C. The summed E-state index contributed by atoms with van der Waals surface area (Å²) in [7, 11) is -2.78. The van der Waals surface area contributed by atoms with Crippen LogP contribution in [0.5, 0.6) is 0 Å². The third-order valence-electron chi connectivity index (χ3n) is 10.3. The molecule has 1 aliphatic carbocycles. The fraction of sp³-hybridized carbons (Fsp3) is 0.561. The summed E-state index contributed by atoms with van der Waals surface area (Å²) in [5, 5.41) is 6.12.